The smallest absolute Gasteiger partial charge is 0.264 e. The average molecular weight is 248 g/mol. The number of halogens is 1. The van der Waals surface area contributed by atoms with Gasteiger partial charge in [-0.3, -0.25) is 10.1 Å². The molecular formula is C9H10ClNO3S. The summed E-state index contributed by atoms with van der Waals surface area (Å²) in [5, 5.41) is 10.8. The summed E-state index contributed by atoms with van der Waals surface area (Å²) in [6, 6.07) is 3.24. The molecule has 15 heavy (non-hydrogen) atoms. The lowest BCUT2D eigenvalue weighted by atomic mass is 10.2. The first-order valence-corrected chi connectivity index (χ1v) is 5.88. The summed E-state index contributed by atoms with van der Waals surface area (Å²) in [6.07, 6.45) is 0. The molecule has 0 aromatic heterocycles. The molecule has 6 heteroatoms. The summed E-state index contributed by atoms with van der Waals surface area (Å²) in [4.78, 5) is 10.1. The normalized spacial score (nSPS) is 12.5. The maximum absolute atomic E-state index is 11.5. The fourth-order valence-corrected chi connectivity index (χ4v) is 2.27. The first-order valence-electron chi connectivity index (χ1n) is 4.18. The van der Waals surface area contributed by atoms with Crippen molar-refractivity contribution in [2.24, 2.45) is 0 Å². The number of benzene rings is 1. The molecule has 0 aliphatic rings. The fourth-order valence-electron chi connectivity index (χ4n) is 1.21. The van der Waals surface area contributed by atoms with Gasteiger partial charge in [-0.15, -0.1) is 0 Å². The van der Waals surface area contributed by atoms with Crippen LogP contribution in [0.25, 0.3) is 0 Å². The number of aryl methyl sites for hydroxylation is 2. The van der Waals surface area contributed by atoms with E-state index in [-0.39, 0.29) is 0 Å². The van der Waals surface area contributed by atoms with Crippen LogP contribution >= 0.6 is 11.6 Å². The highest BCUT2D eigenvalue weighted by atomic mass is 35.5. The molecule has 0 fully saturated rings. The molecule has 0 N–H and O–H groups in total. The van der Waals surface area contributed by atoms with E-state index in [2.05, 4.69) is 0 Å². The van der Waals surface area contributed by atoms with E-state index in [0.717, 1.165) is 11.1 Å². The molecular weight excluding hydrogens is 238 g/mol. The van der Waals surface area contributed by atoms with Gasteiger partial charge in [-0.2, -0.15) is 0 Å². The lowest BCUT2D eigenvalue weighted by molar-refractivity contribution is -0.457. The van der Waals surface area contributed by atoms with Crippen LogP contribution in [0.5, 0.6) is 0 Å². The zero-order valence-corrected chi connectivity index (χ0v) is 9.89. The topological polar surface area (TPSA) is 60.2 Å². The van der Waals surface area contributed by atoms with Crippen LogP contribution in [0.4, 0.5) is 0 Å². The lowest BCUT2D eigenvalue weighted by Gasteiger charge is -2.05. The van der Waals surface area contributed by atoms with Gasteiger partial charge in [0.05, 0.1) is 0 Å². The van der Waals surface area contributed by atoms with Crippen molar-refractivity contribution >= 4 is 22.4 Å². The van der Waals surface area contributed by atoms with Gasteiger partial charge in [0, 0.05) is 14.8 Å². The number of hydrogen-bond donors (Lipinski definition) is 0. The predicted molar refractivity (Wildman–Crippen MR) is 59.2 cm³/mol. The molecule has 0 amide bonds. The van der Waals surface area contributed by atoms with Crippen LogP contribution in [0.2, 0.25) is 5.02 Å². The number of nitro groups is 1. The van der Waals surface area contributed by atoms with Crippen LogP contribution in [0.3, 0.4) is 0 Å². The van der Waals surface area contributed by atoms with Crippen molar-refractivity contribution in [1.82, 2.24) is 0 Å². The molecule has 0 aliphatic carbocycles. The van der Waals surface area contributed by atoms with Gasteiger partial charge >= 0.3 is 0 Å². The molecule has 0 heterocycles. The first kappa shape index (κ1) is 12.1. The van der Waals surface area contributed by atoms with Crippen LogP contribution in [0.15, 0.2) is 17.0 Å². The summed E-state index contributed by atoms with van der Waals surface area (Å²) < 4.78 is 11.5. The molecule has 1 unspecified atom stereocenters. The van der Waals surface area contributed by atoms with Gasteiger partial charge in [0.2, 0.25) is 0 Å². The Morgan fingerprint density at radius 3 is 2.27 bits per heavy atom. The van der Waals surface area contributed by atoms with Crippen molar-refractivity contribution in [1.29, 1.82) is 0 Å². The lowest BCUT2D eigenvalue weighted by Crippen LogP contribution is -2.08. The van der Waals surface area contributed by atoms with Crippen molar-refractivity contribution in [3.05, 3.63) is 38.4 Å². The Kier molecular flexibility index (Phi) is 3.82. The van der Waals surface area contributed by atoms with Gasteiger partial charge in [0.15, 0.2) is 0 Å². The molecule has 82 valence electrons. The molecule has 0 saturated heterocycles. The Morgan fingerprint density at radius 1 is 1.40 bits per heavy atom. The molecule has 1 atom stereocenters. The maximum atomic E-state index is 11.5. The first-order chi connectivity index (χ1) is 6.91. The van der Waals surface area contributed by atoms with Crippen molar-refractivity contribution in [2.45, 2.75) is 18.7 Å². The summed E-state index contributed by atoms with van der Waals surface area (Å²) in [6.45, 7) is 3.56. The summed E-state index contributed by atoms with van der Waals surface area (Å²) in [7, 11) is -1.60. The number of hydrogen-bond acceptors (Lipinski definition) is 3. The third-order valence-electron chi connectivity index (χ3n) is 1.90. The van der Waals surface area contributed by atoms with Crippen molar-refractivity contribution in [3.8, 4) is 0 Å². The molecule has 4 nitrogen and oxygen atoms in total. The summed E-state index contributed by atoms with van der Waals surface area (Å²) in [5.74, 6) is -0.569. The zero-order chi connectivity index (χ0) is 11.6. The highest BCUT2D eigenvalue weighted by Crippen LogP contribution is 2.23. The molecule has 0 bridgehead atoms. The van der Waals surface area contributed by atoms with Gasteiger partial charge < -0.3 is 0 Å². The van der Waals surface area contributed by atoms with Gasteiger partial charge in [-0.05, 0) is 37.1 Å². The highest BCUT2D eigenvalue weighted by Gasteiger charge is 2.12. The number of rotatable bonds is 3. The largest absolute Gasteiger partial charge is 0.281 e. The van der Waals surface area contributed by atoms with E-state index in [0.29, 0.717) is 9.92 Å². The zero-order valence-electron chi connectivity index (χ0n) is 8.32. The second-order valence-corrected chi connectivity index (χ2v) is 4.98. The molecule has 0 aliphatic heterocycles. The molecule has 0 spiro atoms. The Bertz CT molecular complexity index is 410. The van der Waals surface area contributed by atoms with E-state index in [4.69, 9.17) is 11.6 Å². The Balaban J connectivity index is 3.06. The van der Waals surface area contributed by atoms with E-state index in [9.17, 15) is 14.3 Å². The molecule has 0 radical (unpaired) electrons. The minimum Gasteiger partial charge on any atom is -0.264 e. The molecule has 1 aromatic carbocycles. The van der Waals surface area contributed by atoms with Crippen molar-refractivity contribution in [2.75, 3.05) is 5.88 Å². The van der Waals surface area contributed by atoms with Crippen molar-refractivity contribution < 1.29 is 9.13 Å². The monoisotopic (exact) mass is 247 g/mol. The van der Waals surface area contributed by atoms with E-state index < -0.39 is 21.6 Å². The summed E-state index contributed by atoms with van der Waals surface area (Å²) >= 11 is 5.93. The quantitative estimate of drug-likeness (QED) is 0.608. The second kappa shape index (κ2) is 4.72. The van der Waals surface area contributed by atoms with E-state index in [1.165, 1.54) is 0 Å². The highest BCUT2D eigenvalue weighted by molar-refractivity contribution is 7.84. The van der Waals surface area contributed by atoms with E-state index in [1.54, 1.807) is 26.0 Å². The standard InChI is InChI=1S/C9H10ClNO3S/c1-6-3-8(4-7(2)9(6)10)15(14)5-11(12)13/h3-4H,5H2,1-2H3. The maximum Gasteiger partial charge on any atom is 0.281 e. The van der Waals surface area contributed by atoms with Crippen molar-refractivity contribution in [3.63, 3.8) is 0 Å². The Hall–Kier alpha value is -0.940. The van der Waals surface area contributed by atoms with E-state index in [1.807, 2.05) is 0 Å². The second-order valence-electron chi connectivity index (χ2n) is 3.18. The van der Waals surface area contributed by atoms with Crippen LogP contribution in [-0.2, 0) is 10.8 Å². The minimum atomic E-state index is -1.60. The molecule has 0 saturated carbocycles. The van der Waals surface area contributed by atoms with E-state index >= 15 is 0 Å². The van der Waals surface area contributed by atoms with Gasteiger partial charge in [0.25, 0.3) is 5.88 Å². The van der Waals surface area contributed by atoms with Crippen LogP contribution in [-0.4, -0.2) is 15.0 Å². The molecule has 1 aromatic rings. The van der Waals surface area contributed by atoms with Crippen LogP contribution < -0.4 is 0 Å². The SMILES string of the molecule is Cc1cc(S(=O)C[N+](=O)[O-])cc(C)c1Cl. The average Bonchev–Trinajstić information content (AvgIpc) is 2.12. The van der Waals surface area contributed by atoms with Gasteiger partial charge in [-0.25, -0.2) is 4.21 Å². The van der Waals surface area contributed by atoms with Crippen LogP contribution in [0, 0.1) is 24.0 Å². The Labute approximate surface area is 94.9 Å². The van der Waals surface area contributed by atoms with Gasteiger partial charge in [0.1, 0.15) is 10.8 Å². The fraction of sp³-hybridized carbons (Fsp3) is 0.333. The predicted octanol–water partition coefficient (Wildman–Crippen LogP) is 2.30. The minimum absolute atomic E-state index is 0.450. The number of nitrogens with zero attached hydrogens (tertiary/aromatic N) is 1. The van der Waals surface area contributed by atoms with Crippen LogP contribution in [0.1, 0.15) is 11.1 Å². The summed E-state index contributed by atoms with van der Waals surface area (Å²) in [5.41, 5.74) is 1.56. The Morgan fingerprint density at radius 2 is 1.87 bits per heavy atom. The third-order valence-corrected chi connectivity index (χ3v) is 3.70. The third kappa shape index (κ3) is 3.00. The van der Waals surface area contributed by atoms with Gasteiger partial charge in [-0.1, -0.05) is 11.6 Å². The molecule has 1 rings (SSSR count).